The van der Waals surface area contributed by atoms with Crippen molar-refractivity contribution < 1.29 is 4.79 Å². The van der Waals surface area contributed by atoms with E-state index in [0.717, 1.165) is 17.0 Å². The summed E-state index contributed by atoms with van der Waals surface area (Å²) < 4.78 is 1.69. The fourth-order valence-electron chi connectivity index (χ4n) is 1.64. The largest absolute Gasteiger partial charge is 0.350 e. The van der Waals surface area contributed by atoms with Crippen molar-refractivity contribution >= 4 is 17.5 Å². The Hall–Kier alpha value is -1.81. The van der Waals surface area contributed by atoms with Gasteiger partial charge in [-0.15, -0.1) is 0 Å². The number of aromatic nitrogens is 2. The van der Waals surface area contributed by atoms with Crippen molar-refractivity contribution in [1.82, 2.24) is 14.9 Å². The van der Waals surface area contributed by atoms with E-state index in [4.69, 9.17) is 11.6 Å². The van der Waals surface area contributed by atoms with Gasteiger partial charge in [0.05, 0.1) is 12.5 Å². The van der Waals surface area contributed by atoms with E-state index in [1.807, 2.05) is 24.3 Å². The molecule has 0 aliphatic heterocycles. The number of halogens is 1. The molecule has 0 aliphatic carbocycles. The van der Waals surface area contributed by atoms with Gasteiger partial charge in [-0.1, -0.05) is 23.7 Å². The molecule has 0 atom stereocenters. The van der Waals surface area contributed by atoms with E-state index in [0.29, 0.717) is 12.2 Å². The van der Waals surface area contributed by atoms with Gasteiger partial charge in [0.15, 0.2) is 0 Å². The second-order valence-electron chi connectivity index (χ2n) is 4.02. The fraction of sp³-hybridized carbons (Fsp3) is 0.231. The van der Waals surface area contributed by atoms with Crippen LogP contribution in [0.3, 0.4) is 0 Å². The predicted octanol–water partition coefficient (Wildman–Crippen LogP) is 2.05. The number of carbonyl (C=O) groups excluding carboxylic acids is 1. The molecule has 5 heteroatoms. The van der Waals surface area contributed by atoms with Crippen LogP contribution in [-0.2, 0) is 13.5 Å². The molecule has 2 aromatic rings. The molecule has 0 spiro atoms. The van der Waals surface area contributed by atoms with Crippen molar-refractivity contribution in [3.63, 3.8) is 0 Å². The molecule has 1 amide bonds. The molecular weight excluding hydrogens is 250 g/mol. The molecule has 1 N–H and O–H groups in total. The highest BCUT2D eigenvalue weighted by Gasteiger charge is 2.08. The molecule has 0 bridgehead atoms. The molecule has 18 heavy (non-hydrogen) atoms. The lowest BCUT2D eigenvalue weighted by molar-refractivity contribution is 0.0946. The molecule has 1 aromatic carbocycles. The van der Waals surface area contributed by atoms with Crippen LogP contribution in [-0.4, -0.2) is 22.0 Å². The third kappa shape index (κ3) is 3.11. The van der Waals surface area contributed by atoms with Gasteiger partial charge in [0.1, 0.15) is 5.69 Å². The monoisotopic (exact) mass is 263 g/mol. The third-order valence-corrected chi connectivity index (χ3v) is 2.91. The maximum atomic E-state index is 11.8. The summed E-state index contributed by atoms with van der Waals surface area (Å²) in [7, 11) is 1.79. The molecule has 0 radical (unpaired) electrons. The van der Waals surface area contributed by atoms with Crippen molar-refractivity contribution in [2.75, 3.05) is 6.54 Å². The molecular formula is C13H14ClN3O. The van der Waals surface area contributed by atoms with Crippen molar-refractivity contribution in [3.8, 4) is 0 Å². The van der Waals surface area contributed by atoms with Crippen LogP contribution in [0.2, 0.25) is 5.02 Å². The molecule has 4 nitrogen and oxygen atoms in total. The minimum absolute atomic E-state index is 0.107. The van der Waals surface area contributed by atoms with Gasteiger partial charge in [0, 0.05) is 18.6 Å². The van der Waals surface area contributed by atoms with E-state index >= 15 is 0 Å². The summed E-state index contributed by atoms with van der Waals surface area (Å²) in [6.07, 6.45) is 3.94. The average Bonchev–Trinajstić information content (AvgIpc) is 2.78. The zero-order chi connectivity index (χ0) is 13.0. The zero-order valence-electron chi connectivity index (χ0n) is 10.1. The van der Waals surface area contributed by atoms with Gasteiger partial charge < -0.3 is 9.88 Å². The Balaban J connectivity index is 1.84. The lowest BCUT2D eigenvalue weighted by Gasteiger charge is -2.05. The lowest BCUT2D eigenvalue weighted by atomic mass is 10.1. The first-order valence-corrected chi connectivity index (χ1v) is 6.03. The maximum Gasteiger partial charge on any atom is 0.269 e. The average molecular weight is 264 g/mol. The van der Waals surface area contributed by atoms with Crippen LogP contribution in [0.1, 0.15) is 16.1 Å². The SMILES string of the molecule is Cn1cncc1C(=O)NCCc1ccc(Cl)cc1. The van der Waals surface area contributed by atoms with E-state index in [-0.39, 0.29) is 5.91 Å². The Morgan fingerprint density at radius 1 is 1.39 bits per heavy atom. The molecule has 0 unspecified atom stereocenters. The Kier molecular flexibility index (Phi) is 3.99. The number of imidazole rings is 1. The first-order chi connectivity index (χ1) is 8.66. The third-order valence-electron chi connectivity index (χ3n) is 2.66. The number of nitrogens with zero attached hydrogens (tertiary/aromatic N) is 2. The van der Waals surface area contributed by atoms with Gasteiger partial charge in [-0.3, -0.25) is 4.79 Å². The van der Waals surface area contributed by atoms with E-state index in [1.54, 1.807) is 24.1 Å². The Morgan fingerprint density at radius 3 is 2.72 bits per heavy atom. The second kappa shape index (κ2) is 5.69. The molecule has 0 saturated heterocycles. The minimum Gasteiger partial charge on any atom is -0.350 e. The molecule has 0 fully saturated rings. The van der Waals surface area contributed by atoms with E-state index < -0.39 is 0 Å². The zero-order valence-corrected chi connectivity index (χ0v) is 10.8. The van der Waals surface area contributed by atoms with Crippen molar-refractivity contribution in [1.29, 1.82) is 0 Å². The van der Waals surface area contributed by atoms with Crippen LogP contribution in [0, 0.1) is 0 Å². The lowest BCUT2D eigenvalue weighted by Crippen LogP contribution is -2.27. The quantitative estimate of drug-likeness (QED) is 0.918. The number of aryl methyl sites for hydroxylation is 1. The summed E-state index contributed by atoms with van der Waals surface area (Å²) in [6, 6.07) is 7.61. The first-order valence-electron chi connectivity index (χ1n) is 5.66. The first kappa shape index (κ1) is 12.6. The van der Waals surface area contributed by atoms with Crippen molar-refractivity contribution in [3.05, 3.63) is 53.1 Å². The molecule has 0 aliphatic rings. The van der Waals surface area contributed by atoms with E-state index in [2.05, 4.69) is 10.3 Å². The highest BCUT2D eigenvalue weighted by molar-refractivity contribution is 6.30. The van der Waals surface area contributed by atoms with Gasteiger partial charge >= 0.3 is 0 Å². The summed E-state index contributed by atoms with van der Waals surface area (Å²) in [5, 5.41) is 3.58. The topological polar surface area (TPSA) is 46.9 Å². The van der Waals surface area contributed by atoms with E-state index in [1.165, 1.54) is 0 Å². The molecule has 1 heterocycles. The van der Waals surface area contributed by atoms with Crippen molar-refractivity contribution in [2.45, 2.75) is 6.42 Å². The second-order valence-corrected chi connectivity index (χ2v) is 4.46. The van der Waals surface area contributed by atoms with Crippen LogP contribution in [0.15, 0.2) is 36.8 Å². The normalized spacial score (nSPS) is 10.3. The maximum absolute atomic E-state index is 11.8. The Morgan fingerprint density at radius 2 is 2.11 bits per heavy atom. The Bertz CT molecular complexity index is 533. The highest BCUT2D eigenvalue weighted by atomic mass is 35.5. The van der Waals surface area contributed by atoms with Gasteiger partial charge in [0.2, 0.25) is 0 Å². The molecule has 2 rings (SSSR count). The number of amides is 1. The number of benzene rings is 1. The molecule has 0 saturated carbocycles. The van der Waals surface area contributed by atoms with E-state index in [9.17, 15) is 4.79 Å². The van der Waals surface area contributed by atoms with Crippen LogP contribution in [0.4, 0.5) is 0 Å². The summed E-state index contributed by atoms with van der Waals surface area (Å²) in [5.74, 6) is -0.107. The number of hydrogen-bond donors (Lipinski definition) is 1. The standard InChI is InChI=1S/C13H14ClN3O/c1-17-9-15-8-12(17)13(18)16-7-6-10-2-4-11(14)5-3-10/h2-5,8-9H,6-7H2,1H3,(H,16,18). The number of rotatable bonds is 4. The summed E-state index contributed by atoms with van der Waals surface area (Å²) >= 11 is 5.80. The van der Waals surface area contributed by atoms with Crippen LogP contribution in [0.25, 0.3) is 0 Å². The van der Waals surface area contributed by atoms with Crippen LogP contribution >= 0.6 is 11.6 Å². The Labute approximate surface area is 111 Å². The summed E-state index contributed by atoms with van der Waals surface area (Å²) in [4.78, 5) is 15.7. The smallest absolute Gasteiger partial charge is 0.269 e. The van der Waals surface area contributed by atoms with Crippen LogP contribution < -0.4 is 5.32 Å². The number of carbonyl (C=O) groups is 1. The van der Waals surface area contributed by atoms with Gasteiger partial charge in [-0.25, -0.2) is 4.98 Å². The highest BCUT2D eigenvalue weighted by Crippen LogP contribution is 2.09. The van der Waals surface area contributed by atoms with Crippen molar-refractivity contribution in [2.24, 2.45) is 7.05 Å². The number of hydrogen-bond acceptors (Lipinski definition) is 2. The fourth-order valence-corrected chi connectivity index (χ4v) is 1.76. The van der Waals surface area contributed by atoms with Crippen LogP contribution in [0.5, 0.6) is 0 Å². The predicted molar refractivity (Wildman–Crippen MR) is 70.7 cm³/mol. The summed E-state index contributed by atoms with van der Waals surface area (Å²) in [6.45, 7) is 0.589. The minimum atomic E-state index is -0.107. The molecule has 94 valence electrons. The van der Waals surface area contributed by atoms with Gasteiger partial charge in [-0.2, -0.15) is 0 Å². The molecule has 1 aromatic heterocycles. The number of nitrogens with one attached hydrogen (secondary N) is 1. The summed E-state index contributed by atoms with van der Waals surface area (Å²) in [5.41, 5.74) is 1.70. The van der Waals surface area contributed by atoms with Gasteiger partial charge in [0.25, 0.3) is 5.91 Å². The van der Waals surface area contributed by atoms with Gasteiger partial charge in [-0.05, 0) is 24.1 Å².